The van der Waals surface area contributed by atoms with E-state index in [1.54, 1.807) is 35.9 Å². The highest BCUT2D eigenvalue weighted by Crippen LogP contribution is 2.13. The van der Waals surface area contributed by atoms with Crippen molar-refractivity contribution in [3.05, 3.63) is 41.5 Å². The van der Waals surface area contributed by atoms with E-state index in [9.17, 15) is 8.42 Å². The number of hydrogen-bond acceptors (Lipinski definition) is 5. The predicted octanol–water partition coefficient (Wildman–Crippen LogP) is 0.828. The molecule has 0 unspecified atom stereocenters. The summed E-state index contributed by atoms with van der Waals surface area (Å²) < 4.78 is 26.1. The van der Waals surface area contributed by atoms with E-state index in [0.717, 1.165) is 11.4 Å². The second-order valence-electron chi connectivity index (χ2n) is 4.60. The van der Waals surface area contributed by atoms with E-state index < -0.39 is 9.84 Å². The lowest BCUT2D eigenvalue weighted by atomic mass is 10.2. The molecule has 0 aliphatic heterocycles. The molecule has 6 nitrogen and oxygen atoms in total. The van der Waals surface area contributed by atoms with Crippen molar-refractivity contribution in [3.8, 4) is 0 Å². The van der Waals surface area contributed by atoms with Crippen LogP contribution in [0.1, 0.15) is 17.2 Å². The standard InChI is InChI=1S/C13H18N4O2S/c1-10-15-11(2)17(16-10)7-8-20(18,19)13-5-3-12(9-14)4-6-13/h3-6H,7-9,14H2,1-2H3. The summed E-state index contributed by atoms with van der Waals surface area (Å²) in [6.07, 6.45) is 0. The fraction of sp³-hybridized carbons (Fsp3) is 0.385. The summed E-state index contributed by atoms with van der Waals surface area (Å²) in [5.74, 6) is 1.36. The number of hydrogen-bond donors (Lipinski definition) is 1. The smallest absolute Gasteiger partial charge is 0.180 e. The second-order valence-corrected chi connectivity index (χ2v) is 6.71. The quantitative estimate of drug-likeness (QED) is 0.882. The van der Waals surface area contributed by atoms with Crippen molar-refractivity contribution in [2.75, 3.05) is 5.75 Å². The molecule has 7 heteroatoms. The van der Waals surface area contributed by atoms with Gasteiger partial charge in [0.2, 0.25) is 0 Å². The van der Waals surface area contributed by atoms with Crippen LogP contribution in [0.3, 0.4) is 0 Å². The molecule has 2 aromatic rings. The average Bonchev–Trinajstić information content (AvgIpc) is 2.75. The van der Waals surface area contributed by atoms with E-state index in [1.165, 1.54) is 0 Å². The molecule has 0 radical (unpaired) electrons. The molecule has 108 valence electrons. The zero-order chi connectivity index (χ0) is 14.8. The van der Waals surface area contributed by atoms with Gasteiger partial charge in [0.25, 0.3) is 0 Å². The van der Waals surface area contributed by atoms with E-state index in [-0.39, 0.29) is 5.75 Å². The van der Waals surface area contributed by atoms with Crippen LogP contribution in [0, 0.1) is 13.8 Å². The van der Waals surface area contributed by atoms with Crippen molar-refractivity contribution < 1.29 is 8.42 Å². The molecule has 0 saturated heterocycles. The fourth-order valence-electron chi connectivity index (χ4n) is 1.93. The van der Waals surface area contributed by atoms with Gasteiger partial charge in [0.15, 0.2) is 9.84 Å². The Hall–Kier alpha value is -1.73. The van der Waals surface area contributed by atoms with Crippen LogP contribution < -0.4 is 5.73 Å². The minimum Gasteiger partial charge on any atom is -0.326 e. The van der Waals surface area contributed by atoms with Crippen molar-refractivity contribution in [3.63, 3.8) is 0 Å². The highest BCUT2D eigenvalue weighted by molar-refractivity contribution is 7.91. The molecular formula is C13H18N4O2S. The van der Waals surface area contributed by atoms with Crippen LogP contribution in [0.15, 0.2) is 29.2 Å². The van der Waals surface area contributed by atoms with Gasteiger partial charge in [-0.25, -0.2) is 18.1 Å². The van der Waals surface area contributed by atoms with E-state index in [1.807, 2.05) is 6.92 Å². The van der Waals surface area contributed by atoms with Crippen LogP contribution in [0.4, 0.5) is 0 Å². The minimum atomic E-state index is -3.32. The van der Waals surface area contributed by atoms with Crippen LogP contribution in [0.2, 0.25) is 0 Å². The zero-order valence-electron chi connectivity index (χ0n) is 11.6. The summed E-state index contributed by atoms with van der Waals surface area (Å²) >= 11 is 0. The number of aryl methyl sites for hydroxylation is 3. The molecule has 1 aromatic heterocycles. The molecule has 0 fully saturated rings. The molecule has 0 aliphatic rings. The Labute approximate surface area is 118 Å². The number of benzene rings is 1. The van der Waals surface area contributed by atoms with Crippen LogP contribution >= 0.6 is 0 Å². The van der Waals surface area contributed by atoms with Gasteiger partial charge in [-0.3, -0.25) is 0 Å². The van der Waals surface area contributed by atoms with E-state index >= 15 is 0 Å². The Bertz CT molecular complexity index is 690. The lowest BCUT2D eigenvalue weighted by Crippen LogP contribution is -2.15. The molecule has 0 atom stereocenters. The fourth-order valence-corrected chi connectivity index (χ4v) is 3.13. The number of aromatic nitrogens is 3. The van der Waals surface area contributed by atoms with Crippen LogP contribution in [0.25, 0.3) is 0 Å². The van der Waals surface area contributed by atoms with E-state index in [4.69, 9.17) is 5.73 Å². The summed E-state index contributed by atoms with van der Waals surface area (Å²) in [5.41, 5.74) is 6.40. The van der Waals surface area contributed by atoms with Crippen molar-refractivity contribution in [2.45, 2.75) is 31.8 Å². The molecule has 20 heavy (non-hydrogen) atoms. The van der Waals surface area contributed by atoms with Gasteiger partial charge < -0.3 is 5.73 Å². The summed E-state index contributed by atoms with van der Waals surface area (Å²) in [5, 5.41) is 4.16. The molecule has 2 N–H and O–H groups in total. The number of sulfone groups is 1. The van der Waals surface area contributed by atoms with Gasteiger partial charge in [0.05, 0.1) is 17.2 Å². The molecule has 2 rings (SSSR count). The first-order valence-electron chi connectivity index (χ1n) is 6.32. The van der Waals surface area contributed by atoms with Crippen LogP contribution in [0.5, 0.6) is 0 Å². The Morgan fingerprint density at radius 2 is 1.85 bits per heavy atom. The minimum absolute atomic E-state index is 0.00138. The van der Waals surface area contributed by atoms with Crippen molar-refractivity contribution in [2.24, 2.45) is 5.73 Å². The van der Waals surface area contributed by atoms with E-state index in [2.05, 4.69) is 10.1 Å². The lowest BCUT2D eigenvalue weighted by molar-refractivity contribution is 0.575. The number of nitrogens with two attached hydrogens (primary N) is 1. The maximum absolute atomic E-state index is 12.2. The largest absolute Gasteiger partial charge is 0.326 e. The molecule has 0 saturated carbocycles. The van der Waals surface area contributed by atoms with Gasteiger partial charge in [-0.2, -0.15) is 5.10 Å². The molecule has 0 aliphatic carbocycles. The first-order chi connectivity index (χ1) is 9.42. The molecule has 0 amide bonds. The van der Waals surface area contributed by atoms with Gasteiger partial charge in [0, 0.05) is 6.54 Å². The highest BCUT2D eigenvalue weighted by atomic mass is 32.2. The first-order valence-corrected chi connectivity index (χ1v) is 7.97. The van der Waals surface area contributed by atoms with Gasteiger partial charge in [-0.15, -0.1) is 0 Å². The monoisotopic (exact) mass is 294 g/mol. The molecule has 0 bridgehead atoms. The SMILES string of the molecule is Cc1nc(C)n(CCS(=O)(=O)c2ccc(CN)cc2)n1. The van der Waals surface area contributed by atoms with Crippen LogP contribution in [-0.2, 0) is 22.9 Å². The predicted molar refractivity (Wildman–Crippen MR) is 75.9 cm³/mol. The average molecular weight is 294 g/mol. The third-order valence-corrected chi connectivity index (χ3v) is 4.76. The summed E-state index contributed by atoms with van der Waals surface area (Å²) in [6, 6.07) is 6.66. The molecule has 0 spiro atoms. The maximum atomic E-state index is 12.2. The molecule has 1 heterocycles. The Kier molecular flexibility index (Phi) is 4.20. The molecular weight excluding hydrogens is 276 g/mol. The normalized spacial score (nSPS) is 11.8. The van der Waals surface area contributed by atoms with Crippen molar-refractivity contribution in [1.82, 2.24) is 14.8 Å². The molecule has 1 aromatic carbocycles. The van der Waals surface area contributed by atoms with Gasteiger partial charge >= 0.3 is 0 Å². The Morgan fingerprint density at radius 3 is 2.35 bits per heavy atom. The number of rotatable bonds is 5. The maximum Gasteiger partial charge on any atom is 0.180 e. The zero-order valence-corrected chi connectivity index (χ0v) is 12.4. The third kappa shape index (κ3) is 3.23. The topological polar surface area (TPSA) is 90.9 Å². The van der Waals surface area contributed by atoms with Crippen molar-refractivity contribution in [1.29, 1.82) is 0 Å². The second kappa shape index (κ2) is 5.72. The first kappa shape index (κ1) is 14.7. The van der Waals surface area contributed by atoms with Gasteiger partial charge in [-0.1, -0.05) is 12.1 Å². The van der Waals surface area contributed by atoms with Crippen LogP contribution in [-0.4, -0.2) is 28.9 Å². The van der Waals surface area contributed by atoms with Gasteiger partial charge in [-0.05, 0) is 31.5 Å². The van der Waals surface area contributed by atoms with Gasteiger partial charge in [0.1, 0.15) is 11.6 Å². The summed E-state index contributed by atoms with van der Waals surface area (Å²) in [6.45, 7) is 4.29. The number of nitrogens with zero attached hydrogens (tertiary/aromatic N) is 3. The van der Waals surface area contributed by atoms with Crippen molar-refractivity contribution >= 4 is 9.84 Å². The third-order valence-electron chi connectivity index (χ3n) is 3.05. The lowest BCUT2D eigenvalue weighted by Gasteiger charge is -2.06. The Morgan fingerprint density at radius 1 is 1.20 bits per heavy atom. The van der Waals surface area contributed by atoms with E-state index in [0.29, 0.717) is 23.8 Å². The highest BCUT2D eigenvalue weighted by Gasteiger charge is 2.15. The summed E-state index contributed by atoms with van der Waals surface area (Å²) in [4.78, 5) is 4.46. The Balaban J connectivity index is 2.12. The summed E-state index contributed by atoms with van der Waals surface area (Å²) in [7, 11) is -3.32.